The highest BCUT2D eigenvalue weighted by Gasteiger charge is 2.54. The van der Waals surface area contributed by atoms with Crippen LogP contribution in [0, 0.1) is 11.3 Å². The van der Waals surface area contributed by atoms with Crippen molar-refractivity contribution in [2.24, 2.45) is 11.3 Å². The van der Waals surface area contributed by atoms with Crippen molar-refractivity contribution in [3.05, 3.63) is 30.3 Å². The van der Waals surface area contributed by atoms with E-state index in [1.165, 1.54) is 32.1 Å². The number of amides is 3. The van der Waals surface area contributed by atoms with E-state index in [1.807, 2.05) is 35.2 Å². The highest BCUT2D eigenvalue weighted by Crippen LogP contribution is 2.39. The van der Waals surface area contributed by atoms with E-state index in [-0.39, 0.29) is 29.7 Å². The van der Waals surface area contributed by atoms with Crippen molar-refractivity contribution in [2.45, 2.75) is 77.7 Å². The Kier molecular flexibility index (Phi) is 7.72. The summed E-state index contributed by atoms with van der Waals surface area (Å²) in [4.78, 5) is 45.2. The van der Waals surface area contributed by atoms with Gasteiger partial charge in [0, 0.05) is 31.7 Å². The lowest BCUT2D eigenvalue weighted by molar-refractivity contribution is -0.140. The number of para-hydroxylation sites is 1. The van der Waals surface area contributed by atoms with E-state index in [9.17, 15) is 14.4 Å². The Morgan fingerprint density at radius 1 is 1.03 bits per heavy atom. The van der Waals surface area contributed by atoms with Gasteiger partial charge in [0.2, 0.25) is 11.8 Å². The van der Waals surface area contributed by atoms with Gasteiger partial charge in [-0.25, -0.2) is 0 Å². The molecule has 1 saturated carbocycles. The maximum atomic E-state index is 13.8. The van der Waals surface area contributed by atoms with Gasteiger partial charge in [-0.3, -0.25) is 14.4 Å². The van der Waals surface area contributed by atoms with E-state index >= 15 is 0 Å². The van der Waals surface area contributed by atoms with E-state index in [1.54, 1.807) is 4.90 Å². The number of rotatable bonds is 6. The molecule has 192 valence electrons. The van der Waals surface area contributed by atoms with Crippen LogP contribution in [0.5, 0.6) is 0 Å². The first-order valence-electron chi connectivity index (χ1n) is 13.3. The molecule has 7 nitrogen and oxygen atoms in total. The molecule has 0 atom stereocenters. The van der Waals surface area contributed by atoms with E-state index in [0.717, 1.165) is 5.69 Å². The van der Waals surface area contributed by atoms with E-state index in [2.05, 4.69) is 31.0 Å². The average molecular weight is 483 g/mol. The Balaban J connectivity index is 1.44. The molecule has 2 saturated heterocycles. The molecule has 1 aliphatic carbocycles. The van der Waals surface area contributed by atoms with Crippen molar-refractivity contribution >= 4 is 23.4 Å². The molecule has 3 aliphatic rings. The number of carbonyl (C=O) groups is 3. The van der Waals surface area contributed by atoms with Gasteiger partial charge in [-0.15, -0.1) is 0 Å². The third-order valence-corrected chi connectivity index (χ3v) is 7.85. The summed E-state index contributed by atoms with van der Waals surface area (Å²) in [6.45, 7) is 8.54. The lowest BCUT2D eigenvalue weighted by atomic mass is 9.84. The Hall–Kier alpha value is -2.57. The van der Waals surface area contributed by atoms with Gasteiger partial charge in [0.1, 0.15) is 12.1 Å². The summed E-state index contributed by atoms with van der Waals surface area (Å²) in [5.74, 6) is 0.649. The molecule has 7 heteroatoms. The van der Waals surface area contributed by atoms with Crippen LogP contribution in [0.4, 0.5) is 5.69 Å². The summed E-state index contributed by atoms with van der Waals surface area (Å²) in [6.07, 6.45) is 7.81. The minimum Gasteiger partial charge on any atom is -0.354 e. The van der Waals surface area contributed by atoms with Crippen LogP contribution >= 0.6 is 0 Å². The topological polar surface area (TPSA) is 73.0 Å². The van der Waals surface area contributed by atoms with Gasteiger partial charge in [-0.2, -0.15) is 0 Å². The summed E-state index contributed by atoms with van der Waals surface area (Å²) < 4.78 is 0. The number of hydrogen-bond donors (Lipinski definition) is 1. The molecule has 1 N–H and O–H groups in total. The van der Waals surface area contributed by atoms with Gasteiger partial charge in [0.15, 0.2) is 0 Å². The van der Waals surface area contributed by atoms with E-state index in [4.69, 9.17) is 0 Å². The average Bonchev–Trinajstić information content (AvgIpc) is 3.09. The van der Waals surface area contributed by atoms with Gasteiger partial charge in [-0.1, -0.05) is 58.2 Å². The number of anilines is 1. The van der Waals surface area contributed by atoms with Crippen molar-refractivity contribution in [1.82, 2.24) is 15.1 Å². The van der Waals surface area contributed by atoms with Crippen molar-refractivity contribution in [3.8, 4) is 0 Å². The first-order chi connectivity index (χ1) is 16.7. The van der Waals surface area contributed by atoms with Gasteiger partial charge in [-0.05, 0) is 49.1 Å². The normalized spacial score (nSPS) is 21.0. The molecule has 0 aromatic heterocycles. The van der Waals surface area contributed by atoms with Crippen LogP contribution in [0.2, 0.25) is 0 Å². The Morgan fingerprint density at radius 2 is 1.69 bits per heavy atom. The standard InChI is InChI=1S/C28H42N4O3/c1-27(2,3)18-25(34)30-16-14-28(15-17-30)26(35)31(21-32(28)23-12-8-5-9-13-23)20-24(33)29-19-22-10-6-4-7-11-22/h5,8-9,12-13,22H,4,6-7,10-11,14-21H2,1-3H3,(H,29,33). The third-order valence-electron chi connectivity index (χ3n) is 7.85. The fraction of sp³-hybridized carbons (Fsp3) is 0.679. The molecule has 2 heterocycles. The number of hydrogen-bond acceptors (Lipinski definition) is 4. The maximum absolute atomic E-state index is 13.8. The van der Waals surface area contributed by atoms with Crippen LogP contribution < -0.4 is 10.2 Å². The number of piperidine rings is 1. The van der Waals surface area contributed by atoms with Gasteiger partial charge in [0.05, 0.1) is 6.67 Å². The number of likely N-dealkylation sites (tertiary alicyclic amines) is 1. The van der Waals surface area contributed by atoms with Crippen LogP contribution in [0.25, 0.3) is 0 Å². The zero-order valence-corrected chi connectivity index (χ0v) is 21.7. The minimum atomic E-state index is -0.705. The smallest absolute Gasteiger partial charge is 0.250 e. The first-order valence-corrected chi connectivity index (χ1v) is 13.3. The summed E-state index contributed by atoms with van der Waals surface area (Å²) in [5.41, 5.74) is 0.219. The minimum absolute atomic E-state index is 0.0112. The summed E-state index contributed by atoms with van der Waals surface area (Å²) in [7, 11) is 0. The molecule has 2 aliphatic heterocycles. The monoisotopic (exact) mass is 482 g/mol. The fourth-order valence-electron chi connectivity index (χ4n) is 5.89. The molecule has 3 fully saturated rings. The summed E-state index contributed by atoms with van der Waals surface area (Å²) >= 11 is 0. The predicted molar refractivity (Wildman–Crippen MR) is 138 cm³/mol. The van der Waals surface area contributed by atoms with Gasteiger partial charge >= 0.3 is 0 Å². The molecule has 0 unspecified atom stereocenters. The zero-order valence-electron chi connectivity index (χ0n) is 21.7. The van der Waals surface area contributed by atoms with Crippen LogP contribution in [-0.4, -0.2) is 65.9 Å². The molecular weight excluding hydrogens is 440 g/mol. The Morgan fingerprint density at radius 3 is 2.31 bits per heavy atom. The largest absolute Gasteiger partial charge is 0.354 e. The molecule has 1 aromatic carbocycles. The summed E-state index contributed by atoms with van der Waals surface area (Å²) in [6, 6.07) is 9.99. The second kappa shape index (κ2) is 10.6. The molecule has 1 aromatic rings. The van der Waals surface area contributed by atoms with Crippen molar-refractivity contribution < 1.29 is 14.4 Å². The molecule has 35 heavy (non-hydrogen) atoms. The Bertz CT molecular complexity index is 897. The predicted octanol–water partition coefficient (Wildman–Crippen LogP) is 3.79. The van der Waals surface area contributed by atoms with E-state index < -0.39 is 5.54 Å². The molecular formula is C28H42N4O3. The van der Waals surface area contributed by atoms with Crippen LogP contribution in [0.1, 0.15) is 72.1 Å². The lowest BCUT2D eigenvalue weighted by Crippen LogP contribution is -2.57. The maximum Gasteiger partial charge on any atom is 0.250 e. The second-order valence-electron chi connectivity index (χ2n) is 11.9. The van der Waals surface area contributed by atoms with Crippen molar-refractivity contribution in [2.75, 3.05) is 37.7 Å². The third kappa shape index (κ3) is 5.99. The SMILES string of the molecule is CC(C)(C)CC(=O)N1CCC2(CC1)C(=O)N(CC(=O)NCC1CCCCC1)CN2c1ccccc1. The molecule has 4 rings (SSSR count). The van der Waals surface area contributed by atoms with Gasteiger partial charge in [0.25, 0.3) is 5.91 Å². The van der Waals surface area contributed by atoms with E-state index in [0.29, 0.717) is 51.5 Å². The van der Waals surface area contributed by atoms with Crippen LogP contribution in [0.3, 0.4) is 0 Å². The molecule has 1 spiro atoms. The van der Waals surface area contributed by atoms with Crippen molar-refractivity contribution in [1.29, 1.82) is 0 Å². The summed E-state index contributed by atoms with van der Waals surface area (Å²) in [5, 5.41) is 3.09. The molecule has 0 radical (unpaired) electrons. The number of nitrogens with one attached hydrogen (secondary N) is 1. The van der Waals surface area contributed by atoms with Crippen LogP contribution in [0.15, 0.2) is 30.3 Å². The highest BCUT2D eigenvalue weighted by atomic mass is 16.2. The molecule has 3 amide bonds. The zero-order chi connectivity index (χ0) is 25.1. The second-order valence-corrected chi connectivity index (χ2v) is 11.9. The fourth-order valence-corrected chi connectivity index (χ4v) is 5.89. The first kappa shape index (κ1) is 25.5. The van der Waals surface area contributed by atoms with Crippen LogP contribution in [-0.2, 0) is 14.4 Å². The van der Waals surface area contributed by atoms with Gasteiger partial charge < -0.3 is 20.0 Å². The Labute approximate surface area is 210 Å². The number of benzene rings is 1. The number of nitrogens with zero attached hydrogens (tertiary/aromatic N) is 3. The highest BCUT2D eigenvalue weighted by molar-refractivity contribution is 5.96. The lowest BCUT2D eigenvalue weighted by Gasteiger charge is -2.43. The number of carbonyl (C=O) groups excluding carboxylic acids is 3. The molecule has 0 bridgehead atoms. The quantitative estimate of drug-likeness (QED) is 0.670. The van der Waals surface area contributed by atoms with Crippen molar-refractivity contribution in [3.63, 3.8) is 0 Å².